The van der Waals surface area contributed by atoms with Crippen LogP contribution in [0.3, 0.4) is 0 Å². The largest absolute Gasteiger partial charge is 0.373 e. The topological polar surface area (TPSA) is 118 Å². The molecule has 1 aliphatic heterocycles. The third-order valence-corrected chi connectivity index (χ3v) is 8.34. The van der Waals surface area contributed by atoms with Gasteiger partial charge in [-0.05, 0) is 56.0 Å². The molecule has 1 unspecified atom stereocenters. The smallest absolute Gasteiger partial charge is 0.266 e. The second kappa shape index (κ2) is 11.5. The number of anilines is 1. The molecule has 1 atom stereocenters. The van der Waals surface area contributed by atoms with Gasteiger partial charge in [0.05, 0.1) is 33.8 Å². The van der Waals surface area contributed by atoms with E-state index < -0.39 is 17.2 Å². The van der Waals surface area contributed by atoms with E-state index in [2.05, 4.69) is 15.0 Å². The molecule has 0 spiro atoms. The molecule has 1 saturated heterocycles. The van der Waals surface area contributed by atoms with Gasteiger partial charge in [-0.15, -0.1) is 0 Å². The summed E-state index contributed by atoms with van der Waals surface area (Å²) in [5, 5.41) is 6.19. The number of nitrogens with zero attached hydrogens (tertiary/aromatic N) is 3. The van der Waals surface area contributed by atoms with Crippen molar-refractivity contribution in [3.8, 4) is 11.3 Å². The fraction of sp³-hybridized carbons (Fsp3) is 0.321. The van der Waals surface area contributed by atoms with E-state index in [0.29, 0.717) is 33.8 Å². The number of hydrogen-bond donors (Lipinski definition) is 2. The van der Waals surface area contributed by atoms with E-state index in [4.69, 9.17) is 37.0 Å². The number of nitrogens with one attached hydrogen (secondary N) is 1. The van der Waals surface area contributed by atoms with Gasteiger partial charge in [0.25, 0.3) is 17.2 Å². The first-order chi connectivity index (χ1) is 19.4. The number of halogens is 2. The minimum Gasteiger partial charge on any atom is -0.373 e. The lowest BCUT2D eigenvalue weighted by Gasteiger charge is -2.33. The summed E-state index contributed by atoms with van der Waals surface area (Å²) in [5.74, 6) is 0.588. The Hall–Kier alpha value is -3.02. The minimum absolute atomic E-state index is 0.0875. The molecule has 0 radical (unpaired) electrons. The van der Waals surface area contributed by atoms with Gasteiger partial charge in [0.2, 0.25) is 0 Å². The van der Waals surface area contributed by atoms with Crippen LogP contribution in [-0.2, 0) is 22.6 Å². The highest BCUT2D eigenvalue weighted by atomic mass is 35.5. The lowest BCUT2D eigenvalue weighted by molar-refractivity contribution is 0.0246. The Kier molecular flexibility index (Phi) is 7.78. The molecule has 4 aromatic rings. The van der Waals surface area contributed by atoms with Crippen molar-refractivity contribution in [2.24, 2.45) is 0 Å². The number of benzene rings is 2. The maximum atomic E-state index is 12.0. The van der Waals surface area contributed by atoms with Crippen LogP contribution in [0.15, 0.2) is 53.2 Å². The number of fused-ring (bicyclic) bond motifs is 1. The lowest BCUT2D eigenvalue weighted by atomic mass is 10.0. The summed E-state index contributed by atoms with van der Waals surface area (Å²) in [5.41, 5.74) is 4.26. The second-order valence-electron chi connectivity index (χ2n) is 10.0. The van der Waals surface area contributed by atoms with Crippen LogP contribution in [0.1, 0.15) is 53.3 Å². The molecule has 0 bridgehead atoms. The van der Waals surface area contributed by atoms with Crippen molar-refractivity contribution in [3.63, 3.8) is 0 Å². The van der Waals surface area contributed by atoms with Crippen LogP contribution in [-0.4, -0.2) is 44.0 Å². The quantitative estimate of drug-likeness (QED) is 0.232. The Morgan fingerprint density at radius 3 is 2.58 bits per heavy atom. The number of hydrogen-bond acceptors (Lipinski definition) is 7. The number of piperidine rings is 1. The Morgan fingerprint density at radius 1 is 1.12 bits per heavy atom. The molecule has 1 saturated carbocycles. The zero-order valence-corrected chi connectivity index (χ0v) is 23.6. The van der Waals surface area contributed by atoms with Crippen LogP contribution in [0, 0.1) is 0 Å². The predicted molar refractivity (Wildman–Crippen MR) is 154 cm³/mol. The third-order valence-electron chi connectivity index (χ3n) is 7.35. The number of pyridine rings is 1. The molecule has 12 heteroatoms. The maximum Gasteiger partial charge on any atom is 0.266 e. The van der Waals surface area contributed by atoms with Crippen molar-refractivity contribution >= 4 is 57.0 Å². The molecule has 2 aliphatic rings. The molecule has 3 heterocycles. The predicted octanol–water partition coefficient (Wildman–Crippen LogP) is 6.13. The van der Waals surface area contributed by atoms with Crippen molar-refractivity contribution in [2.75, 3.05) is 18.0 Å². The van der Waals surface area contributed by atoms with Crippen molar-refractivity contribution in [1.29, 1.82) is 0 Å². The van der Waals surface area contributed by atoms with Gasteiger partial charge in [-0.1, -0.05) is 40.5 Å². The van der Waals surface area contributed by atoms with Gasteiger partial charge in [0.1, 0.15) is 11.5 Å². The number of amides is 1. The first-order valence-electron chi connectivity index (χ1n) is 13.0. The molecule has 40 heavy (non-hydrogen) atoms. The van der Waals surface area contributed by atoms with Crippen molar-refractivity contribution in [2.45, 2.75) is 44.3 Å². The zero-order valence-electron chi connectivity index (χ0n) is 21.3. The highest BCUT2D eigenvalue weighted by Crippen LogP contribution is 2.46. The van der Waals surface area contributed by atoms with Crippen molar-refractivity contribution < 1.29 is 22.8 Å². The Bertz CT molecular complexity index is 1580. The van der Waals surface area contributed by atoms with Gasteiger partial charge in [-0.2, -0.15) is 0 Å². The number of ether oxygens (including phenoxy) is 1. The van der Waals surface area contributed by atoms with Gasteiger partial charge in [0, 0.05) is 47.4 Å². The van der Waals surface area contributed by atoms with Crippen molar-refractivity contribution in [1.82, 2.24) is 14.9 Å². The van der Waals surface area contributed by atoms with E-state index in [1.54, 1.807) is 18.2 Å². The van der Waals surface area contributed by atoms with Crippen LogP contribution in [0.2, 0.25) is 10.0 Å². The van der Waals surface area contributed by atoms with Crippen LogP contribution in [0.25, 0.3) is 22.2 Å². The number of carbonyl (C=O) groups excluding carboxylic acids is 1. The first kappa shape index (κ1) is 27.2. The van der Waals surface area contributed by atoms with E-state index >= 15 is 0 Å². The van der Waals surface area contributed by atoms with E-state index in [1.165, 1.54) is 6.20 Å². The number of aromatic nitrogens is 2. The molecule has 2 fully saturated rings. The van der Waals surface area contributed by atoms with Crippen LogP contribution < -0.4 is 9.62 Å². The standard InChI is InChI=1S/C28H26Cl2N4O5S/c29-22-2-1-3-23(30)25(22)26-21(27(39-32-26)16-4-5-16)15-38-20-8-10-34(11-9-20)19-7-6-17-12-18(14-31-24(17)13-19)28(35)33-40(36)37/h1-3,6-7,12-14,16,20H,4-5,8-11,15H2,(H,33,35)(H,36,37). The number of carbonyl (C=O) groups is 1. The van der Waals surface area contributed by atoms with E-state index in [9.17, 15) is 9.00 Å². The highest BCUT2D eigenvalue weighted by molar-refractivity contribution is 7.77. The average Bonchev–Trinajstić information content (AvgIpc) is 3.71. The molecule has 2 aromatic heterocycles. The summed E-state index contributed by atoms with van der Waals surface area (Å²) >= 11 is 10.5. The SMILES string of the molecule is O=C(NS(=O)O)c1cnc2cc(N3CCC(OCc4c(-c5c(Cl)cccc5Cl)noc4C4CC4)CC3)ccc2c1. The molecule has 1 aliphatic carbocycles. The summed E-state index contributed by atoms with van der Waals surface area (Å²) in [4.78, 5) is 18.7. The normalized spacial score (nSPS) is 16.8. The Morgan fingerprint density at radius 2 is 1.88 bits per heavy atom. The molecule has 6 rings (SSSR count). The van der Waals surface area contributed by atoms with Gasteiger partial charge in [0.15, 0.2) is 0 Å². The van der Waals surface area contributed by atoms with Gasteiger partial charge in [-0.3, -0.25) is 14.3 Å². The second-order valence-corrected chi connectivity index (χ2v) is 11.5. The molecule has 208 valence electrons. The fourth-order valence-electron chi connectivity index (χ4n) is 5.10. The molecule has 9 nitrogen and oxygen atoms in total. The minimum atomic E-state index is -2.43. The van der Waals surface area contributed by atoms with E-state index in [1.807, 2.05) is 29.0 Å². The molecular formula is C28H26Cl2N4O5S. The molecule has 2 N–H and O–H groups in total. The summed E-state index contributed by atoms with van der Waals surface area (Å²) in [6.45, 7) is 2.03. The Balaban J connectivity index is 1.11. The summed E-state index contributed by atoms with van der Waals surface area (Å²) in [6, 6.07) is 12.9. The van der Waals surface area contributed by atoms with Gasteiger partial charge >= 0.3 is 0 Å². The summed E-state index contributed by atoms with van der Waals surface area (Å²) < 4.78 is 33.9. The third kappa shape index (κ3) is 5.73. The van der Waals surface area contributed by atoms with Crippen molar-refractivity contribution in [3.05, 3.63) is 75.6 Å². The maximum absolute atomic E-state index is 12.0. The van der Waals surface area contributed by atoms with Crippen LogP contribution in [0.5, 0.6) is 0 Å². The number of rotatable bonds is 8. The average molecular weight is 602 g/mol. The van der Waals surface area contributed by atoms with E-state index in [0.717, 1.165) is 66.7 Å². The lowest BCUT2D eigenvalue weighted by Crippen LogP contribution is -2.37. The van der Waals surface area contributed by atoms with Gasteiger partial charge in [-0.25, -0.2) is 8.93 Å². The zero-order chi connectivity index (χ0) is 27.8. The summed E-state index contributed by atoms with van der Waals surface area (Å²) in [6.07, 6.45) is 5.36. The summed E-state index contributed by atoms with van der Waals surface area (Å²) in [7, 11) is 0. The van der Waals surface area contributed by atoms with E-state index in [-0.39, 0.29) is 11.7 Å². The fourth-order valence-corrected chi connectivity index (χ4v) is 5.95. The first-order valence-corrected chi connectivity index (χ1v) is 14.8. The molecule has 2 aromatic carbocycles. The molecule has 1 amide bonds. The monoisotopic (exact) mass is 600 g/mol. The highest BCUT2D eigenvalue weighted by Gasteiger charge is 2.34. The van der Waals surface area contributed by atoms with Crippen LogP contribution >= 0.6 is 23.2 Å². The van der Waals surface area contributed by atoms with Crippen LogP contribution in [0.4, 0.5) is 5.69 Å². The molecular weight excluding hydrogens is 575 g/mol. The Labute approximate surface area is 243 Å². The van der Waals surface area contributed by atoms with Gasteiger partial charge < -0.3 is 14.2 Å².